The summed E-state index contributed by atoms with van der Waals surface area (Å²) in [7, 11) is 0. The lowest BCUT2D eigenvalue weighted by Gasteiger charge is -1.93. The lowest BCUT2D eigenvalue weighted by atomic mass is 10.3. The minimum atomic E-state index is -1.23. The summed E-state index contributed by atoms with van der Waals surface area (Å²) in [6.45, 7) is 1.79. The number of hydrogen-bond acceptors (Lipinski definition) is 4. The summed E-state index contributed by atoms with van der Waals surface area (Å²) in [5.41, 5.74) is 0.418. The van der Waals surface area contributed by atoms with Crippen LogP contribution in [0.15, 0.2) is 10.2 Å². The maximum absolute atomic E-state index is 11.4. The molecule has 0 radical (unpaired) electrons. The fourth-order valence-corrected chi connectivity index (χ4v) is 2.11. The molecule has 0 aliphatic rings. The summed E-state index contributed by atoms with van der Waals surface area (Å²) in [5, 5.41) is 10.9. The molecule has 0 aromatic carbocycles. The summed E-state index contributed by atoms with van der Waals surface area (Å²) in [4.78, 5) is 28.5. The number of aromatic carboxylic acids is 1. The minimum absolute atomic E-state index is 0.315. The van der Waals surface area contributed by atoms with Crippen LogP contribution in [0.2, 0.25) is 0 Å². The smallest absolute Gasteiger partial charge is 0.372 e. The molecular formula is C8H6N2O3S. The second-order valence-electron chi connectivity index (χ2n) is 2.82. The van der Waals surface area contributed by atoms with Crippen LogP contribution in [0.4, 0.5) is 0 Å². The Morgan fingerprint density at radius 1 is 1.64 bits per heavy atom. The Balaban J connectivity index is 2.87. The number of fused-ring (bicyclic) bond motifs is 1. The lowest BCUT2D eigenvalue weighted by Crippen LogP contribution is -2.14. The number of hydrogen-bond donors (Lipinski definition) is 2. The van der Waals surface area contributed by atoms with Crippen molar-refractivity contribution in [2.24, 2.45) is 0 Å². The van der Waals surface area contributed by atoms with Gasteiger partial charge in [0.05, 0.1) is 5.39 Å². The highest BCUT2D eigenvalue weighted by atomic mass is 32.1. The maximum Gasteiger partial charge on any atom is 0.372 e. The summed E-state index contributed by atoms with van der Waals surface area (Å²) in [6.07, 6.45) is 0. The van der Waals surface area contributed by atoms with Crippen molar-refractivity contribution in [3.05, 3.63) is 27.1 Å². The number of H-pyrrole nitrogens is 1. The number of aryl methyl sites for hydroxylation is 1. The molecule has 0 saturated carbocycles. The van der Waals surface area contributed by atoms with E-state index in [0.717, 1.165) is 5.56 Å². The second-order valence-corrected chi connectivity index (χ2v) is 3.68. The van der Waals surface area contributed by atoms with Gasteiger partial charge in [-0.1, -0.05) is 0 Å². The van der Waals surface area contributed by atoms with Crippen LogP contribution in [0.5, 0.6) is 0 Å². The van der Waals surface area contributed by atoms with E-state index < -0.39 is 11.5 Å². The van der Waals surface area contributed by atoms with Gasteiger partial charge in [-0.15, -0.1) is 11.3 Å². The van der Waals surface area contributed by atoms with E-state index in [0.29, 0.717) is 10.2 Å². The first-order valence-corrected chi connectivity index (χ1v) is 4.69. The first kappa shape index (κ1) is 8.89. The summed E-state index contributed by atoms with van der Waals surface area (Å²) < 4.78 is 0. The number of carbonyl (C=O) groups is 1. The molecule has 0 aliphatic carbocycles. The van der Waals surface area contributed by atoms with E-state index in [9.17, 15) is 9.59 Å². The van der Waals surface area contributed by atoms with Crippen molar-refractivity contribution in [2.75, 3.05) is 0 Å². The van der Waals surface area contributed by atoms with Crippen molar-refractivity contribution in [3.8, 4) is 0 Å². The minimum Gasteiger partial charge on any atom is -0.475 e. The van der Waals surface area contributed by atoms with Gasteiger partial charge in [0.1, 0.15) is 4.83 Å². The van der Waals surface area contributed by atoms with Gasteiger partial charge in [-0.05, 0) is 17.9 Å². The van der Waals surface area contributed by atoms with Crippen LogP contribution in [0, 0.1) is 6.92 Å². The summed E-state index contributed by atoms with van der Waals surface area (Å²) in [6, 6.07) is 0. The van der Waals surface area contributed by atoms with Gasteiger partial charge in [0, 0.05) is 0 Å². The van der Waals surface area contributed by atoms with Gasteiger partial charge in [0.2, 0.25) is 5.82 Å². The Kier molecular flexibility index (Phi) is 1.85. The topological polar surface area (TPSA) is 83.0 Å². The molecule has 72 valence electrons. The first-order chi connectivity index (χ1) is 6.59. The Hall–Kier alpha value is -1.69. The first-order valence-electron chi connectivity index (χ1n) is 3.81. The SMILES string of the molecule is Cc1csc2nc(C(=O)O)[nH]c(=O)c12. The molecule has 0 saturated heterocycles. The normalized spacial score (nSPS) is 10.6. The number of rotatable bonds is 1. The van der Waals surface area contributed by atoms with Crippen LogP contribution in [-0.2, 0) is 0 Å². The molecule has 0 bridgehead atoms. The molecule has 5 nitrogen and oxygen atoms in total. The van der Waals surface area contributed by atoms with Gasteiger partial charge in [0.15, 0.2) is 0 Å². The van der Waals surface area contributed by atoms with Gasteiger partial charge in [-0.3, -0.25) is 4.79 Å². The number of aromatic amines is 1. The second kappa shape index (κ2) is 2.91. The van der Waals surface area contributed by atoms with Gasteiger partial charge in [-0.25, -0.2) is 9.78 Å². The number of carboxylic acid groups (broad SMARTS) is 1. The molecule has 14 heavy (non-hydrogen) atoms. The number of aromatic nitrogens is 2. The van der Waals surface area contributed by atoms with Crippen LogP contribution in [0.25, 0.3) is 10.2 Å². The molecule has 2 N–H and O–H groups in total. The van der Waals surface area contributed by atoms with Crippen LogP contribution in [-0.4, -0.2) is 21.0 Å². The molecule has 2 heterocycles. The Bertz CT molecular complexity index is 569. The average Bonchev–Trinajstić information content (AvgIpc) is 2.48. The predicted molar refractivity (Wildman–Crippen MR) is 51.9 cm³/mol. The molecular weight excluding hydrogens is 204 g/mol. The quantitative estimate of drug-likeness (QED) is 0.735. The summed E-state index contributed by atoms with van der Waals surface area (Å²) in [5.74, 6) is -1.54. The monoisotopic (exact) mass is 210 g/mol. The van der Waals surface area contributed by atoms with Crippen LogP contribution in [0.3, 0.4) is 0 Å². The van der Waals surface area contributed by atoms with Crippen molar-refractivity contribution in [3.63, 3.8) is 0 Å². The van der Waals surface area contributed by atoms with E-state index >= 15 is 0 Å². The van der Waals surface area contributed by atoms with Gasteiger partial charge in [0.25, 0.3) is 5.56 Å². The van der Waals surface area contributed by atoms with Crippen LogP contribution >= 0.6 is 11.3 Å². The highest BCUT2D eigenvalue weighted by Crippen LogP contribution is 2.19. The Morgan fingerprint density at radius 3 is 3.00 bits per heavy atom. The Labute approximate surface area is 82.0 Å². The van der Waals surface area contributed by atoms with Gasteiger partial charge < -0.3 is 10.1 Å². The molecule has 0 unspecified atom stereocenters. The third-order valence-electron chi connectivity index (χ3n) is 1.83. The molecule has 0 atom stereocenters. The fourth-order valence-electron chi connectivity index (χ4n) is 1.19. The zero-order valence-corrected chi connectivity index (χ0v) is 8.01. The van der Waals surface area contributed by atoms with E-state index in [1.165, 1.54) is 11.3 Å². The van der Waals surface area contributed by atoms with Crippen molar-refractivity contribution in [1.82, 2.24) is 9.97 Å². The lowest BCUT2D eigenvalue weighted by molar-refractivity contribution is 0.0683. The van der Waals surface area contributed by atoms with E-state index in [2.05, 4.69) is 9.97 Å². The maximum atomic E-state index is 11.4. The van der Waals surface area contributed by atoms with E-state index in [1.807, 2.05) is 0 Å². The van der Waals surface area contributed by atoms with E-state index in [4.69, 9.17) is 5.11 Å². The number of nitrogens with zero attached hydrogens (tertiary/aromatic N) is 1. The van der Waals surface area contributed by atoms with Crippen LogP contribution in [0.1, 0.15) is 16.2 Å². The van der Waals surface area contributed by atoms with Crippen LogP contribution < -0.4 is 5.56 Å². The molecule has 0 amide bonds. The van der Waals surface area contributed by atoms with Crippen molar-refractivity contribution < 1.29 is 9.90 Å². The molecule has 2 aromatic rings. The zero-order valence-electron chi connectivity index (χ0n) is 7.20. The summed E-state index contributed by atoms with van der Waals surface area (Å²) >= 11 is 1.27. The third-order valence-corrected chi connectivity index (χ3v) is 2.82. The van der Waals surface area contributed by atoms with Crippen molar-refractivity contribution in [1.29, 1.82) is 0 Å². The molecule has 0 fully saturated rings. The van der Waals surface area contributed by atoms with Crippen molar-refractivity contribution >= 4 is 27.5 Å². The van der Waals surface area contributed by atoms with E-state index in [1.54, 1.807) is 12.3 Å². The Morgan fingerprint density at radius 2 is 2.36 bits per heavy atom. The van der Waals surface area contributed by atoms with Crippen molar-refractivity contribution in [2.45, 2.75) is 6.92 Å². The molecule has 2 aromatic heterocycles. The van der Waals surface area contributed by atoms with E-state index in [-0.39, 0.29) is 5.82 Å². The molecule has 2 rings (SSSR count). The molecule has 0 aliphatic heterocycles. The largest absolute Gasteiger partial charge is 0.475 e. The number of thiophene rings is 1. The van der Waals surface area contributed by atoms with Gasteiger partial charge >= 0.3 is 5.97 Å². The molecule has 6 heteroatoms. The zero-order chi connectivity index (χ0) is 10.3. The standard InChI is InChI=1S/C8H6N2O3S/c1-3-2-14-7-4(3)6(11)9-5(10-7)8(12)13/h2H,1H3,(H,12,13)(H,9,10,11). The predicted octanol–water partition coefficient (Wildman–Crippen LogP) is 0.991. The average molecular weight is 210 g/mol. The molecule has 0 spiro atoms. The van der Waals surface area contributed by atoms with Gasteiger partial charge in [-0.2, -0.15) is 0 Å². The highest BCUT2D eigenvalue weighted by Gasteiger charge is 2.11. The number of carboxylic acids is 1. The fraction of sp³-hybridized carbons (Fsp3) is 0.125. The highest BCUT2D eigenvalue weighted by molar-refractivity contribution is 7.16. The third kappa shape index (κ3) is 1.20. The number of nitrogens with one attached hydrogen (secondary N) is 1.